The molecule has 0 aromatic rings. The number of nitrogens with zero attached hydrogens (tertiary/aromatic N) is 3. The van der Waals surface area contributed by atoms with Crippen LogP contribution in [0.4, 0.5) is 0 Å². The number of carboxylic acids is 2. The summed E-state index contributed by atoms with van der Waals surface area (Å²) in [6.07, 6.45) is 7.34. The van der Waals surface area contributed by atoms with E-state index in [-0.39, 0.29) is 24.0 Å². The van der Waals surface area contributed by atoms with Crippen molar-refractivity contribution in [2.45, 2.75) is 34.1 Å². The lowest BCUT2D eigenvalue weighted by atomic mass is 9.96. The van der Waals surface area contributed by atoms with Crippen molar-refractivity contribution in [1.82, 2.24) is 4.90 Å². The van der Waals surface area contributed by atoms with Crippen LogP contribution in [0, 0.1) is 13.1 Å². The number of carbonyl (C=O) groups is 3. The van der Waals surface area contributed by atoms with Crippen molar-refractivity contribution in [3.05, 3.63) is 80.2 Å². The maximum atomic E-state index is 11.4. The third kappa shape index (κ3) is 10.5. The zero-order chi connectivity index (χ0) is 27.1. The van der Waals surface area contributed by atoms with Gasteiger partial charge in [0.15, 0.2) is 0 Å². The Kier molecular flexibility index (Phi) is 14.5. The largest absolute Gasteiger partial charge is 0.486 e. The number of carbonyl (C=O) groups excluding carboxylic acids is 1. The van der Waals surface area contributed by atoms with E-state index in [2.05, 4.69) is 14.4 Å². The number of thiocarbonyl (C=S) groups is 1. The number of thioether (sulfide) groups is 1. The molecule has 1 saturated heterocycles. The first-order valence-corrected chi connectivity index (χ1v) is 11.0. The summed E-state index contributed by atoms with van der Waals surface area (Å²) in [5, 5.41) is 25.3. The summed E-state index contributed by atoms with van der Waals surface area (Å²) in [4.78, 5) is 39.7. The van der Waals surface area contributed by atoms with Gasteiger partial charge in [-0.1, -0.05) is 66.4 Å². The Morgan fingerprint density at radius 2 is 1.74 bits per heavy atom. The van der Waals surface area contributed by atoms with Crippen LogP contribution in [-0.4, -0.2) is 55.9 Å². The van der Waals surface area contributed by atoms with E-state index in [1.165, 1.54) is 29.7 Å². The third-order valence-corrected chi connectivity index (χ3v) is 5.51. The van der Waals surface area contributed by atoms with Crippen molar-refractivity contribution in [1.29, 1.82) is 0 Å². The Balaban J connectivity index is 0.000000516. The summed E-state index contributed by atoms with van der Waals surface area (Å²) in [7, 11) is 0. The molecule has 12 heteroatoms. The van der Waals surface area contributed by atoms with E-state index in [0.29, 0.717) is 14.8 Å². The van der Waals surface area contributed by atoms with Crippen molar-refractivity contribution in [2.75, 3.05) is 13.5 Å². The lowest BCUT2D eigenvalue weighted by Gasteiger charge is -2.12. The van der Waals surface area contributed by atoms with Gasteiger partial charge in [-0.15, -0.1) is 0 Å². The van der Waals surface area contributed by atoms with E-state index in [1.54, 1.807) is 25.2 Å². The molecule has 0 spiro atoms. The highest BCUT2D eigenvalue weighted by Crippen LogP contribution is 2.30. The highest BCUT2D eigenvalue weighted by atomic mass is 32.2. The van der Waals surface area contributed by atoms with Gasteiger partial charge >= 0.3 is 11.9 Å². The fourth-order valence-electron chi connectivity index (χ4n) is 2.56. The topological polar surface area (TPSA) is 133 Å². The number of amides is 1. The number of aliphatic hydroxyl groups is 1. The molecular weight excluding hydrogens is 494 g/mol. The third-order valence-electron chi connectivity index (χ3n) is 4.01. The molecule has 0 atom stereocenters. The van der Waals surface area contributed by atoms with E-state index >= 15 is 0 Å². The molecule has 35 heavy (non-hydrogen) atoms. The molecule has 1 aliphatic carbocycles. The minimum Gasteiger partial charge on any atom is -0.486 e. The van der Waals surface area contributed by atoms with Gasteiger partial charge < -0.3 is 20.1 Å². The standard InChI is InChI=1S/C11H11NO2.C7H9NO3S2.C5H5NO2/c1-7-4-8(2)6-9(5-7)10(12-3)11(13)14;1-2-5-6(10)8(3-11-4-9)7(12)13-5;1-3-4(6-2)5(7)8/h5-6H,4H2,1-2H3,(H,13,14);2,9H,3-4H2,1H3;3H,1H3,(H,7,8)/b;5-2+;4-3-. The van der Waals surface area contributed by atoms with Crippen molar-refractivity contribution < 1.29 is 34.4 Å². The second-order valence-electron chi connectivity index (χ2n) is 6.69. The number of rotatable bonds is 5. The van der Waals surface area contributed by atoms with E-state index in [0.717, 1.165) is 17.6 Å². The van der Waals surface area contributed by atoms with Gasteiger partial charge in [0.2, 0.25) is 0 Å². The van der Waals surface area contributed by atoms with Crippen molar-refractivity contribution in [3.63, 3.8) is 0 Å². The maximum Gasteiger partial charge on any atom is 0.334 e. The van der Waals surface area contributed by atoms with Crippen LogP contribution in [0.15, 0.2) is 57.3 Å². The summed E-state index contributed by atoms with van der Waals surface area (Å²) in [6, 6.07) is 0. The van der Waals surface area contributed by atoms with Crippen molar-refractivity contribution >= 4 is 46.1 Å². The predicted molar refractivity (Wildman–Crippen MR) is 135 cm³/mol. The van der Waals surface area contributed by atoms with E-state index in [1.807, 2.05) is 13.8 Å². The first-order chi connectivity index (χ1) is 16.5. The van der Waals surface area contributed by atoms with E-state index in [4.69, 9.17) is 40.7 Å². The Bertz CT molecular complexity index is 1080. The Morgan fingerprint density at radius 3 is 2.06 bits per heavy atom. The summed E-state index contributed by atoms with van der Waals surface area (Å²) in [5.74, 6) is -2.49. The smallest absolute Gasteiger partial charge is 0.334 e. The first kappa shape index (κ1) is 31.5. The molecule has 3 N–H and O–H groups in total. The molecule has 186 valence electrons. The molecule has 10 nitrogen and oxygen atoms in total. The zero-order valence-corrected chi connectivity index (χ0v) is 21.2. The predicted octanol–water partition coefficient (Wildman–Crippen LogP) is 4.11. The quantitative estimate of drug-likeness (QED) is 0.212. The van der Waals surface area contributed by atoms with Crippen LogP contribution in [0.1, 0.15) is 34.1 Å². The van der Waals surface area contributed by atoms with Gasteiger partial charge in [-0.05, 0) is 32.8 Å². The number of hydrogen-bond acceptors (Lipinski definition) is 7. The molecule has 1 aliphatic heterocycles. The van der Waals surface area contributed by atoms with Crippen LogP contribution in [0.2, 0.25) is 0 Å². The van der Waals surface area contributed by atoms with Gasteiger partial charge in [-0.3, -0.25) is 19.3 Å². The number of carboxylic acid groups (broad SMARTS) is 2. The lowest BCUT2D eigenvalue weighted by molar-refractivity contribution is -0.133. The highest BCUT2D eigenvalue weighted by Gasteiger charge is 2.31. The maximum absolute atomic E-state index is 11.4. The Labute approximate surface area is 213 Å². The molecule has 0 saturated carbocycles. The summed E-state index contributed by atoms with van der Waals surface area (Å²) in [6.45, 7) is 19.8. The molecule has 0 bridgehead atoms. The van der Waals surface area contributed by atoms with Gasteiger partial charge in [0.05, 0.1) is 18.0 Å². The fraction of sp³-hybridized carbons (Fsp3) is 0.304. The number of aliphatic carboxylic acids is 2. The van der Waals surface area contributed by atoms with E-state index < -0.39 is 18.7 Å². The van der Waals surface area contributed by atoms with Crippen molar-refractivity contribution in [2.24, 2.45) is 0 Å². The van der Waals surface area contributed by atoms with Crippen LogP contribution in [-0.2, 0) is 19.1 Å². The van der Waals surface area contributed by atoms with Gasteiger partial charge in [0.1, 0.15) is 17.8 Å². The number of ether oxygens (including phenoxy) is 1. The average Bonchev–Trinajstić information content (AvgIpc) is 3.06. The molecule has 2 aliphatic rings. The Hall–Kier alpha value is -3.55. The fourth-order valence-corrected chi connectivity index (χ4v) is 3.71. The molecule has 2 rings (SSSR count). The molecule has 1 amide bonds. The SMILES string of the molecule is C/C=C1/SC(=S)N(COCO)C1=O.[C-]#[N+]/C(=C\C)C(=O)O.[C-]#[N+]C(C(=O)O)=C1C=C(C)CC(C)=C1. The molecule has 0 aromatic heterocycles. The molecule has 0 unspecified atom stereocenters. The Morgan fingerprint density at radius 1 is 1.17 bits per heavy atom. The average molecular weight is 520 g/mol. The molecule has 0 aromatic carbocycles. The van der Waals surface area contributed by atoms with E-state index in [9.17, 15) is 14.4 Å². The van der Waals surface area contributed by atoms with Crippen molar-refractivity contribution in [3.8, 4) is 0 Å². The minimum absolute atomic E-state index is 0.0124. The summed E-state index contributed by atoms with van der Waals surface area (Å²) < 4.78 is 5.15. The normalized spacial score (nSPS) is 16.1. The minimum atomic E-state index is -1.16. The molecule has 1 heterocycles. The second-order valence-corrected chi connectivity index (χ2v) is 8.36. The number of aliphatic hydroxyl groups excluding tert-OH is 1. The van der Waals surface area contributed by atoms with Crippen LogP contribution in [0.5, 0.6) is 0 Å². The van der Waals surface area contributed by atoms with Gasteiger partial charge in [0.25, 0.3) is 17.3 Å². The molecule has 1 fully saturated rings. The molecule has 0 radical (unpaired) electrons. The monoisotopic (exact) mass is 519 g/mol. The van der Waals surface area contributed by atoms with Crippen LogP contribution >= 0.6 is 24.0 Å². The highest BCUT2D eigenvalue weighted by molar-refractivity contribution is 8.26. The zero-order valence-electron chi connectivity index (χ0n) is 19.6. The van der Waals surface area contributed by atoms with Gasteiger partial charge in [0, 0.05) is 0 Å². The summed E-state index contributed by atoms with van der Waals surface area (Å²) >= 11 is 6.18. The van der Waals surface area contributed by atoms with Crippen LogP contribution in [0.25, 0.3) is 9.69 Å². The number of hydrogen-bond donors (Lipinski definition) is 3. The summed E-state index contributed by atoms with van der Waals surface area (Å²) in [5.41, 5.74) is 2.24. The first-order valence-electron chi connectivity index (χ1n) is 9.82. The van der Waals surface area contributed by atoms with Crippen LogP contribution < -0.4 is 0 Å². The second kappa shape index (κ2) is 16.1. The lowest BCUT2D eigenvalue weighted by Crippen LogP contribution is -2.30. The molecular formula is C23H25N3O7S2. The number of allylic oxidation sites excluding steroid dienone is 7. The van der Waals surface area contributed by atoms with Crippen LogP contribution in [0.3, 0.4) is 0 Å². The van der Waals surface area contributed by atoms with Gasteiger partial charge in [-0.2, -0.15) is 0 Å². The van der Waals surface area contributed by atoms with Gasteiger partial charge in [-0.25, -0.2) is 9.69 Å².